The number of hydrogen-bond donors (Lipinski definition) is 0. The maximum absolute atomic E-state index is 2.39. The Hall–Kier alpha value is -0.660. The van der Waals surface area contributed by atoms with Crippen LogP contribution in [0.3, 0.4) is 0 Å². The van der Waals surface area contributed by atoms with Crippen molar-refractivity contribution in [2.24, 2.45) is 0 Å². The van der Waals surface area contributed by atoms with Gasteiger partial charge in [-0.1, -0.05) is 0 Å². The summed E-state index contributed by atoms with van der Waals surface area (Å²) < 4.78 is 4.89. The van der Waals surface area contributed by atoms with E-state index in [0.717, 1.165) is 0 Å². The molecule has 0 bridgehead atoms. The van der Waals surface area contributed by atoms with E-state index in [1.165, 1.54) is 22.6 Å². The zero-order valence-corrected chi connectivity index (χ0v) is 15.3. The summed E-state index contributed by atoms with van der Waals surface area (Å²) in [6, 6.07) is 11.0. The Morgan fingerprint density at radius 1 is 0.842 bits per heavy atom. The van der Waals surface area contributed by atoms with Crippen LogP contribution in [-0.2, 0) is 25.6 Å². The van der Waals surface area contributed by atoms with Crippen molar-refractivity contribution in [3.63, 3.8) is 0 Å². The third-order valence-corrected chi connectivity index (χ3v) is 14.5. The summed E-state index contributed by atoms with van der Waals surface area (Å²) in [7, 11) is 0. The smallest absolute Gasteiger partial charge is 0.147 e. The van der Waals surface area contributed by atoms with Crippen LogP contribution in [0.25, 0.3) is 0 Å². The van der Waals surface area contributed by atoms with Gasteiger partial charge in [0.05, 0.1) is 0 Å². The summed E-state index contributed by atoms with van der Waals surface area (Å²) in [5.41, 5.74) is 1.53. The van der Waals surface area contributed by atoms with Crippen LogP contribution in [0.4, 0.5) is 0 Å². The Morgan fingerprint density at radius 3 is 1.89 bits per heavy atom. The van der Waals surface area contributed by atoms with Crippen molar-refractivity contribution in [3.8, 4) is 0 Å². The molecule has 0 spiro atoms. The molecule has 0 atom stereocenters. The third-order valence-electron chi connectivity index (χ3n) is 3.54. The van der Waals surface area contributed by atoms with E-state index in [4.69, 9.17) is 0 Å². The summed E-state index contributed by atoms with van der Waals surface area (Å²) in [4.78, 5) is 0. The fraction of sp³-hybridized carbons (Fsp3) is 0.176. The van der Waals surface area contributed by atoms with Gasteiger partial charge in [-0.05, 0) is 0 Å². The van der Waals surface area contributed by atoms with Crippen LogP contribution in [0.1, 0.15) is 18.4 Å². The van der Waals surface area contributed by atoms with E-state index in [2.05, 4.69) is 66.8 Å². The van der Waals surface area contributed by atoms with Gasteiger partial charge >= 0.3 is 117 Å². The number of halogens is 1. The summed E-state index contributed by atoms with van der Waals surface area (Å²) in [6.07, 6.45) is 16.3. The largest absolute Gasteiger partial charge is 0.147 e. The molecule has 1 aromatic carbocycles. The molecular weight excluding hydrogens is 418 g/mol. The van der Waals surface area contributed by atoms with Crippen LogP contribution < -0.4 is 0 Å². The molecule has 0 aliphatic heterocycles. The summed E-state index contributed by atoms with van der Waals surface area (Å²) in [6.45, 7) is 0. The van der Waals surface area contributed by atoms with Crippen molar-refractivity contribution in [1.29, 1.82) is 0 Å². The van der Waals surface area contributed by atoms with Crippen molar-refractivity contribution >= 4 is 12.4 Å². The van der Waals surface area contributed by atoms with Crippen LogP contribution in [0.15, 0.2) is 73.4 Å². The zero-order valence-electron chi connectivity index (χ0n) is 10.9. The molecule has 2 aliphatic carbocycles. The minimum atomic E-state index is -1.79. The second kappa shape index (κ2) is 7.21. The van der Waals surface area contributed by atoms with Gasteiger partial charge in [-0.2, -0.15) is 0 Å². The van der Waals surface area contributed by atoms with Gasteiger partial charge in [-0.25, -0.2) is 0 Å². The number of hydrogen-bond acceptors (Lipinski definition) is 0. The monoisotopic (exact) mass is 437 g/mol. The molecule has 0 saturated carbocycles. The van der Waals surface area contributed by atoms with E-state index in [0.29, 0.717) is 0 Å². The standard InChI is InChI=1S/C7H7.2C5H5.ClH.Hf/c1-7-5-3-2-4-6-7;2*1-2-4-5-3-1;;/h2-6H,1H2;2*1-3H,4H2;1H;. The van der Waals surface area contributed by atoms with E-state index < -0.39 is 21.4 Å². The Kier molecular flexibility index (Phi) is 5.59. The van der Waals surface area contributed by atoms with Crippen LogP contribution in [0.2, 0.25) is 0 Å². The Balaban J connectivity index is 0.00000133. The third kappa shape index (κ3) is 3.67. The normalized spacial score (nSPS) is 16.0. The molecule has 0 radical (unpaired) electrons. The van der Waals surface area contributed by atoms with Gasteiger partial charge in [0.15, 0.2) is 0 Å². The second-order valence-corrected chi connectivity index (χ2v) is 14.1. The predicted molar refractivity (Wildman–Crippen MR) is 81.1 cm³/mol. The average Bonchev–Trinajstić information content (AvgIpc) is 3.11. The quantitative estimate of drug-likeness (QED) is 0.589. The summed E-state index contributed by atoms with van der Waals surface area (Å²) in [5.74, 6) is 0. The van der Waals surface area contributed by atoms with Gasteiger partial charge < -0.3 is 0 Å². The molecule has 3 rings (SSSR count). The van der Waals surface area contributed by atoms with Crippen molar-refractivity contribution in [2.75, 3.05) is 0 Å². The molecule has 2 heteroatoms. The fourth-order valence-corrected chi connectivity index (χ4v) is 12.8. The first-order valence-corrected chi connectivity index (χ1v) is 12.7. The van der Waals surface area contributed by atoms with Crippen LogP contribution in [0.5, 0.6) is 0 Å². The molecule has 0 saturated heterocycles. The predicted octanol–water partition coefficient (Wildman–Crippen LogP) is 4.91. The van der Waals surface area contributed by atoms with Crippen molar-refractivity contribution in [3.05, 3.63) is 79.0 Å². The maximum atomic E-state index is 2.39. The van der Waals surface area contributed by atoms with E-state index in [9.17, 15) is 0 Å². The molecule has 0 nitrogen and oxygen atoms in total. The Labute approximate surface area is 129 Å². The van der Waals surface area contributed by atoms with E-state index in [-0.39, 0.29) is 12.4 Å². The first kappa shape index (κ1) is 14.7. The molecule has 0 heterocycles. The average molecular weight is 436 g/mol. The van der Waals surface area contributed by atoms with Crippen molar-refractivity contribution < 1.29 is 21.4 Å². The molecular formula is C17H18ClHf. The molecule has 1 aromatic rings. The molecule has 0 fully saturated rings. The Bertz CT molecular complexity index is 508. The van der Waals surface area contributed by atoms with Gasteiger partial charge in [-0.15, -0.1) is 12.4 Å². The van der Waals surface area contributed by atoms with Gasteiger partial charge in [0, 0.05) is 0 Å². The van der Waals surface area contributed by atoms with Gasteiger partial charge in [0.1, 0.15) is 0 Å². The molecule has 0 N–H and O–H groups in total. The molecule has 19 heavy (non-hydrogen) atoms. The van der Waals surface area contributed by atoms with Crippen LogP contribution >= 0.6 is 12.4 Å². The topological polar surface area (TPSA) is 0 Å². The number of rotatable bonds is 4. The SMILES string of the molecule is C1=CC[C]([Hf]([CH2]c2ccccc2)[C]2=CC=CC2)=C1.Cl. The zero-order chi connectivity index (χ0) is 12.2. The number of benzene rings is 1. The molecule has 0 amide bonds. The maximum Gasteiger partial charge on any atom is -0.147 e. The fourth-order valence-electron chi connectivity index (χ4n) is 2.58. The van der Waals surface area contributed by atoms with Crippen molar-refractivity contribution in [2.45, 2.75) is 17.0 Å². The van der Waals surface area contributed by atoms with E-state index in [1.54, 1.807) is 6.66 Å². The summed E-state index contributed by atoms with van der Waals surface area (Å²) in [5, 5.41) is 0. The molecule has 0 unspecified atom stereocenters. The number of allylic oxidation sites excluding steroid dienone is 8. The summed E-state index contributed by atoms with van der Waals surface area (Å²) >= 11 is -1.79. The molecule has 2 aliphatic rings. The van der Waals surface area contributed by atoms with E-state index in [1.807, 2.05) is 0 Å². The Morgan fingerprint density at radius 2 is 1.42 bits per heavy atom. The molecule has 0 aromatic heterocycles. The van der Waals surface area contributed by atoms with Gasteiger partial charge in [0.2, 0.25) is 0 Å². The van der Waals surface area contributed by atoms with Crippen molar-refractivity contribution in [1.82, 2.24) is 0 Å². The van der Waals surface area contributed by atoms with Gasteiger partial charge in [0.25, 0.3) is 0 Å². The van der Waals surface area contributed by atoms with E-state index >= 15 is 0 Å². The first-order chi connectivity index (χ1) is 8.93. The van der Waals surface area contributed by atoms with Crippen LogP contribution in [-0.4, -0.2) is 0 Å². The minimum Gasteiger partial charge on any atom is -0.147 e. The minimum absolute atomic E-state index is 0. The second-order valence-electron chi connectivity index (χ2n) is 4.79. The van der Waals surface area contributed by atoms with Crippen LogP contribution in [0, 0.1) is 0 Å². The van der Waals surface area contributed by atoms with Gasteiger partial charge in [-0.3, -0.25) is 0 Å². The molecule has 97 valence electrons. The first-order valence-electron chi connectivity index (χ1n) is 6.55.